The van der Waals surface area contributed by atoms with Crippen LogP contribution in [0.2, 0.25) is 0 Å². The van der Waals surface area contributed by atoms with Gasteiger partial charge in [0, 0.05) is 19.1 Å². The van der Waals surface area contributed by atoms with Crippen molar-refractivity contribution in [2.75, 3.05) is 13.1 Å². The smallest absolute Gasteiger partial charge is 0.263 e. The highest BCUT2D eigenvalue weighted by molar-refractivity contribution is 7.12. The second-order valence-electron chi connectivity index (χ2n) is 5.77. The van der Waals surface area contributed by atoms with Gasteiger partial charge in [0.25, 0.3) is 5.91 Å². The van der Waals surface area contributed by atoms with E-state index >= 15 is 0 Å². The van der Waals surface area contributed by atoms with Crippen LogP contribution in [-0.2, 0) is 11.2 Å². The summed E-state index contributed by atoms with van der Waals surface area (Å²) in [4.78, 5) is 27.0. The van der Waals surface area contributed by atoms with Crippen LogP contribution in [0.4, 0.5) is 0 Å². The molecule has 0 bridgehead atoms. The molecule has 0 atom stereocenters. The van der Waals surface area contributed by atoms with Crippen LogP contribution < -0.4 is 5.32 Å². The van der Waals surface area contributed by atoms with E-state index in [0.717, 1.165) is 23.3 Å². The lowest BCUT2D eigenvalue weighted by molar-refractivity contribution is -0.121. The first-order valence-corrected chi connectivity index (χ1v) is 8.76. The van der Waals surface area contributed by atoms with E-state index in [2.05, 4.69) is 5.32 Å². The van der Waals surface area contributed by atoms with Crippen molar-refractivity contribution in [3.05, 3.63) is 58.3 Å². The van der Waals surface area contributed by atoms with Crippen molar-refractivity contribution < 1.29 is 9.59 Å². The van der Waals surface area contributed by atoms with Gasteiger partial charge in [-0.25, -0.2) is 0 Å². The Morgan fingerprint density at radius 2 is 1.83 bits per heavy atom. The van der Waals surface area contributed by atoms with Crippen molar-refractivity contribution in [1.29, 1.82) is 0 Å². The van der Waals surface area contributed by atoms with E-state index in [1.165, 1.54) is 11.3 Å². The number of carbonyl (C=O) groups is 2. The van der Waals surface area contributed by atoms with E-state index in [9.17, 15) is 9.59 Å². The molecule has 0 spiro atoms. The van der Waals surface area contributed by atoms with Crippen LogP contribution >= 0.6 is 11.3 Å². The Labute approximate surface area is 140 Å². The third kappa shape index (κ3) is 4.20. The van der Waals surface area contributed by atoms with Crippen LogP contribution in [0.5, 0.6) is 0 Å². The fourth-order valence-corrected chi connectivity index (χ4v) is 3.53. The summed E-state index contributed by atoms with van der Waals surface area (Å²) in [5.41, 5.74) is 1.02. The number of amides is 2. The first kappa shape index (κ1) is 15.7. The van der Waals surface area contributed by atoms with Crippen LogP contribution in [0.15, 0.2) is 47.8 Å². The van der Waals surface area contributed by atoms with Crippen molar-refractivity contribution in [3.63, 3.8) is 0 Å². The molecule has 1 aromatic carbocycles. The first-order chi connectivity index (χ1) is 11.2. The Hall–Kier alpha value is -2.14. The summed E-state index contributed by atoms with van der Waals surface area (Å²) in [6.45, 7) is 1.40. The van der Waals surface area contributed by atoms with E-state index in [-0.39, 0.29) is 17.9 Å². The van der Waals surface area contributed by atoms with Crippen molar-refractivity contribution in [2.45, 2.75) is 25.3 Å². The lowest BCUT2D eigenvalue weighted by Gasteiger charge is -2.32. The van der Waals surface area contributed by atoms with Gasteiger partial charge in [-0.15, -0.1) is 11.3 Å². The van der Waals surface area contributed by atoms with Crippen molar-refractivity contribution in [1.82, 2.24) is 10.2 Å². The largest absolute Gasteiger partial charge is 0.353 e. The molecule has 1 aliphatic heterocycles. The second kappa shape index (κ2) is 7.42. The maximum atomic E-state index is 12.3. The number of hydrogen-bond donors (Lipinski definition) is 1. The fraction of sp³-hybridized carbons (Fsp3) is 0.333. The average Bonchev–Trinajstić information content (AvgIpc) is 3.10. The number of likely N-dealkylation sites (tertiary alicyclic amines) is 1. The third-order valence-corrected chi connectivity index (χ3v) is 4.94. The quantitative estimate of drug-likeness (QED) is 0.938. The monoisotopic (exact) mass is 328 g/mol. The summed E-state index contributed by atoms with van der Waals surface area (Å²) in [5.74, 6) is 0.160. The molecule has 2 heterocycles. The zero-order valence-corrected chi connectivity index (χ0v) is 13.7. The molecule has 23 heavy (non-hydrogen) atoms. The Kier molecular flexibility index (Phi) is 5.08. The molecule has 120 valence electrons. The Bertz CT molecular complexity index is 647. The van der Waals surface area contributed by atoms with Gasteiger partial charge >= 0.3 is 0 Å². The number of rotatable bonds is 4. The Morgan fingerprint density at radius 3 is 2.48 bits per heavy atom. The van der Waals surface area contributed by atoms with Crippen LogP contribution in [0.1, 0.15) is 28.1 Å². The maximum Gasteiger partial charge on any atom is 0.263 e. The van der Waals surface area contributed by atoms with E-state index in [1.807, 2.05) is 52.7 Å². The van der Waals surface area contributed by atoms with Gasteiger partial charge in [-0.3, -0.25) is 9.59 Å². The molecule has 2 aromatic rings. The number of thiophene rings is 1. The molecule has 5 heteroatoms. The minimum atomic E-state index is 0.0548. The normalized spacial score (nSPS) is 15.4. The first-order valence-electron chi connectivity index (χ1n) is 7.88. The minimum Gasteiger partial charge on any atom is -0.353 e. The Morgan fingerprint density at radius 1 is 1.09 bits per heavy atom. The van der Waals surface area contributed by atoms with Crippen LogP contribution in [-0.4, -0.2) is 35.8 Å². The standard InChI is InChI=1S/C18H20N2O2S/c21-17(13-14-5-2-1-3-6-14)19-15-8-10-20(11-9-15)18(22)16-7-4-12-23-16/h1-7,12,15H,8-11,13H2,(H,19,21). The molecule has 2 amide bonds. The number of hydrogen-bond acceptors (Lipinski definition) is 3. The molecule has 1 aliphatic rings. The van der Waals surface area contributed by atoms with Crippen LogP contribution in [0.3, 0.4) is 0 Å². The zero-order valence-electron chi connectivity index (χ0n) is 12.9. The highest BCUT2D eigenvalue weighted by Crippen LogP contribution is 2.17. The predicted octanol–water partition coefficient (Wildman–Crippen LogP) is 2.71. The summed E-state index contributed by atoms with van der Waals surface area (Å²) in [6.07, 6.45) is 2.05. The molecule has 1 saturated heterocycles. The lowest BCUT2D eigenvalue weighted by Crippen LogP contribution is -2.46. The SMILES string of the molecule is O=C(Cc1ccccc1)NC1CCN(C(=O)c2cccs2)CC1. The molecule has 1 fully saturated rings. The molecule has 4 nitrogen and oxygen atoms in total. The average molecular weight is 328 g/mol. The van der Waals surface area contributed by atoms with Crippen LogP contribution in [0.25, 0.3) is 0 Å². The fourth-order valence-electron chi connectivity index (χ4n) is 2.84. The van der Waals surface area contributed by atoms with Gasteiger partial charge in [0.1, 0.15) is 0 Å². The summed E-state index contributed by atoms with van der Waals surface area (Å²) in [7, 11) is 0. The number of nitrogens with zero attached hydrogens (tertiary/aromatic N) is 1. The van der Waals surface area contributed by atoms with Gasteiger partial charge in [-0.05, 0) is 29.9 Å². The number of benzene rings is 1. The van der Waals surface area contributed by atoms with Crippen molar-refractivity contribution in [2.24, 2.45) is 0 Å². The molecular formula is C18H20N2O2S. The predicted molar refractivity (Wildman–Crippen MR) is 91.5 cm³/mol. The molecule has 0 saturated carbocycles. The number of nitrogens with one attached hydrogen (secondary N) is 1. The van der Waals surface area contributed by atoms with Gasteiger partial charge in [0.2, 0.25) is 5.91 Å². The minimum absolute atomic E-state index is 0.0548. The van der Waals surface area contributed by atoms with Gasteiger partial charge in [0.05, 0.1) is 11.3 Å². The van der Waals surface area contributed by atoms with Gasteiger partial charge in [0.15, 0.2) is 0 Å². The van der Waals surface area contributed by atoms with Crippen LogP contribution in [0, 0.1) is 0 Å². The molecule has 0 radical (unpaired) electrons. The van der Waals surface area contributed by atoms with E-state index in [0.29, 0.717) is 19.5 Å². The zero-order chi connectivity index (χ0) is 16.1. The summed E-state index contributed by atoms with van der Waals surface area (Å²) >= 11 is 1.48. The summed E-state index contributed by atoms with van der Waals surface area (Å²) in [5, 5.41) is 5.01. The summed E-state index contributed by atoms with van der Waals surface area (Å²) < 4.78 is 0. The third-order valence-electron chi connectivity index (χ3n) is 4.09. The Balaban J connectivity index is 1.46. The number of carbonyl (C=O) groups excluding carboxylic acids is 2. The topological polar surface area (TPSA) is 49.4 Å². The van der Waals surface area contributed by atoms with Crippen molar-refractivity contribution in [3.8, 4) is 0 Å². The maximum absolute atomic E-state index is 12.3. The van der Waals surface area contributed by atoms with Gasteiger partial charge in [-0.2, -0.15) is 0 Å². The molecule has 0 aliphatic carbocycles. The molecular weight excluding hydrogens is 308 g/mol. The van der Waals surface area contributed by atoms with Gasteiger partial charge in [-0.1, -0.05) is 36.4 Å². The lowest BCUT2D eigenvalue weighted by atomic mass is 10.0. The van der Waals surface area contributed by atoms with Crippen molar-refractivity contribution >= 4 is 23.2 Å². The van der Waals surface area contributed by atoms with E-state index < -0.39 is 0 Å². The van der Waals surface area contributed by atoms with Gasteiger partial charge < -0.3 is 10.2 Å². The summed E-state index contributed by atoms with van der Waals surface area (Å²) in [6, 6.07) is 13.7. The van der Waals surface area contributed by atoms with E-state index in [4.69, 9.17) is 0 Å². The number of piperidine rings is 1. The molecule has 1 N–H and O–H groups in total. The highest BCUT2D eigenvalue weighted by atomic mass is 32.1. The molecule has 0 unspecified atom stereocenters. The molecule has 3 rings (SSSR count). The molecule has 1 aromatic heterocycles. The van der Waals surface area contributed by atoms with E-state index in [1.54, 1.807) is 0 Å². The highest BCUT2D eigenvalue weighted by Gasteiger charge is 2.24. The second-order valence-corrected chi connectivity index (χ2v) is 6.72.